The third kappa shape index (κ3) is 1.94. The first-order chi connectivity index (χ1) is 9.70. The standard InChI is InChI=1S/C18H19N2/c1-14-19(2)17(15-10-6-4-7-11-15)18(20(14)3)16-12-8-5-9-13-16/h4-13H,1-3H3/q+1. The van der Waals surface area contributed by atoms with E-state index in [1.54, 1.807) is 0 Å². The topological polar surface area (TPSA) is 8.81 Å². The third-order valence-corrected chi connectivity index (χ3v) is 3.96. The van der Waals surface area contributed by atoms with E-state index in [1.165, 1.54) is 28.3 Å². The van der Waals surface area contributed by atoms with Crippen LogP contribution in [0.4, 0.5) is 0 Å². The average Bonchev–Trinajstić information content (AvgIpc) is 2.73. The summed E-state index contributed by atoms with van der Waals surface area (Å²) in [4.78, 5) is 0. The second-order valence-electron chi connectivity index (χ2n) is 5.09. The van der Waals surface area contributed by atoms with Gasteiger partial charge in [-0.2, -0.15) is 0 Å². The Kier molecular flexibility index (Phi) is 3.15. The van der Waals surface area contributed by atoms with Crippen molar-refractivity contribution >= 4 is 0 Å². The Balaban J connectivity index is 2.32. The molecule has 0 aliphatic rings. The molecule has 0 unspecified atom stereocenters. The molecule has 20 heavy (non-hydrogen) atoms. The molecule has 0 spiro atoms. The van der Waals surface area contributed by atoms with Crippen LogP contribution in [0.1, 0.15) is 5.82 Å². The zero-order valence-electron chi connectivity index (χ0n) is 12.2. The Hall–Kier alpha value is -2.35. The molecule has 3 rings (SSSR count). The molecule has 0 bridgehead atoms. The van der Waals surface area contributed by atoms with Crippen molar-refractivity contribution in [1.82, 2.24) is 4.57 Å². The van der Waals surface area contributed by atoms with E-state index in [0.717, 1.165) is 0 Å². The van der Waals surface area contributed by atoms with E-state index in [0.29, 0.717) is 0 Å². The van der Waals surface area contributed by atoms with Crippen molar-refractivity contribution in [2.45, 2.75) is 6.92 Å². The number of aromatic nitrogens is 2. The van der Waals surface area contributed by atoms with Gasteiger partial charge in [0.15, 0.2) is 11.4 Å². The van der Waals surface area contributed by atoms with Crippen molar-refractivity contribution in [3.05, 3.63) is 66.5 Å². The lowest BCUT2D eigenvalue weighted by molar-refractivity contribution is -0.666. The van der Waals surface area contributed by atoms with Gasteiger partial charge in [0, 0.05) is 18.1 Å². The maximum atomic E-state index is 2.26. The molecule has 0 atom stereocenters. The minimum atomic E-state index is 1.24. The Morgan fingerprint density at radius 1 is 0.800 bits per heavy atom. The van der Waals surface area contributed by atoms with Gasteiger partial charge in [-0.25, -0.2) is 9.13 Å². The highest BCUT2D eigenvalue weighted by molar-refractivity contribution is 5.76. The average molecular weight is 263 g/mol. The zero-order chi connectivity index (χ0) is 14.1. The van der Waals surface area contributed by atoms with Crippen molar-refractivity contribution in [1.29, 1.82) is 0 Å². The van der Waals surface area contributed by atoms with Crippen molar-refractivity contribution in [3.8, 4) is 22.5 Å². The monoisotopic (exact) mass is 263 g/mol. The molecule has 2 aromatic carbocycles. The summed E-state index contributed by atoms with van der Waals surface area (Å²) in [5.41, 5.74) is 5.02. The van der Waals surface area contributed by atoms with Gasteiger partial charge in [0.1, 0.15) is 0 Å². The number of hydrogen-bond acceptors (Lipinski definition) is 0. The van der Waals surface area contributed by atoms with Gasteiger partial charge >= 0.3 is 0 Å². The van der Waals surface area contributed by atoms with Crippen LogP contribution in [0.3, 0.4) is 0 Å². The van der Waals surface area contributed by atoms with E-state index in [-0.39, 0.29) is 0 Å². The second kappa shape index (κ2) is 4.97. The summed E-state index contributed by atoms with van der Waals surface area (Å²) in [6.07, 6.45) is 0. The molecule has 0 saturated heterocycles. The van der Waals surface area contributed by atoms with Crippen molar-refractivity contribution in [3.63, 3.8) is 0 Å². The van der Waals surface area contributed by atoms with Gasteiger partial charge in [-0.1, -0.05) is 60.7 Å². The molecule has 0 fully saturated rings. The molecule has 0 aliphatic heterocycles. The van der Waals surface area contributed by atoms with E-state index >= 15 is 0 Å². The first-order valence-corrected chi connectivity index (χ1v) is 6.86. The first kappa shape index (κ1) is 12.7. The fraction of sp³-hybridized carbons (Fsp3) is 0.167. The molecular formula is C18H19N2+. The minimum Gasteiger partial charge on any atom is -0.230 e. The molecule has 2 nitrogen and oxygen atoms in total. The molecule has 3 aromatic rings. The maximum absolute atomic E-state index is 2.26. The van der Waals surface area contributed by atoms with Gasteiger partial charge in [-0.3, -0.25) is 0 Å². The summed E-state index contributed by atoms with van der Waals surface area (Å²) in [5.74, 6) is 1.24. The molecule has 2 heteroatoms. The SMILES string of the molecule is Cc1n(C)c(-c2ccccc2)c(-c2ccccc2)[n+]1C. The quantitative estimate of drug-likeness (QED) is 0.626. The van der Waals surface area contributed by atoms with Crippen LogP contribution in [0.15, 0.2) is 60.7 Å². The fourth-order valence-corrected chi connectivity index (χ4v) is 2.72. The van der Waals surface area contributed by atoms with E-state index in [2.05, 4.69) is 90.8 Å². The highest BCUT2D eigenvalue weighted by Crippen LogP contribution is 2.30. The van der Waals surface area contributed by atoms with Gasteiger partial charge in [0.05, 0.1) is 14.1 Å². The van der Waals surface area contributed by atoms with Crippen LogP contribution in [0.2, 0.25) is 0 Å². The van der Waals surface area contributed by atoms with Gasteiger partial charge in [-0.15, -0.1) is 0 Å². The van der Waals surface area contributed by atoms with E-state index < -0.39 is 0 Å². The molecule has 0 saturated carbocycles. The smallest absolute Gasteiger partial charge is 0.230 e. The normalized spacial score (nSPS) is 10.8. The molecule has 0 N–H and O–H groups in total. The third-order valence-electron chi connectivity index (χ3n) is 3.96. The Morgan fingerprint density at radius 2 is 1.30 bits per heavy atom. The number of benzene rings is 2. The van der Waals surface area contributed by atoms with Crippen LogP contribution < -0.4 is 4.57 Å². The van der Waals surface area contributed by atoms with Crippen LogP contribution in [-0.4, -0.2) is 4.57 Å². The number of rotatable bonds is 2. The van der Waals surface area contributed by atoms with Gasteiger partial charge in [-0.05, 0) is 0 Å². The van der Waals surface area contributed by atoms with Gasteiger partial charge in [0.2, 0.25) is 0 Å². The Morgan fingerprint density at radius 3 is 1.85 bits per heavy atom. The zero-order valence-corrected chi connectivity index (χ0v) is 12.2. The highest BCUT2D eigenvalue weighted by atomic mass is 15.1. The maximum Gasteiger partial charge on any atom is 0.253 e. The second-order valence-corrected chi connectivity index (χ2v) is 5.09. The summed E-state index contributed by atoms with van der Waals surface area (Å²) < 4.78 is 4.52. The Bertz CT molecular complexity index is 662. The fourth-order valence-electron chi connectivity index (χ4n) is 2.72. The Labute approximate surface area is 119 Å². The molecule has 1 heterocycles. The van der Waals surface area contributed by atoms with Crippen molar-refractivity contribution in [2.75, 3.05) is 0 Å². The summed E-state index contributed by atoms with van der Waals surface area (Å²) >= 11 is 0. The van der Waals surface area contributed by atoms with Gasteiger partial charge in [0.25, 0.3) is 5.82 Å². The lowest BCUT2D eigenvalue weighted by Crippen LogP contribution is -2.32. The summed E-state index contributed by atoms with van der Waals surface area (Å²) in [7, 11) is 4.26. The predicted octanol–water partition coefficient (Wildman–Crippen LogP) is 3.49. The molecule has 0 aliphatic carbocycles. The van der Waals surface area contributed by atoms with Crippen LogP contribution >= 0.6 is 0 Å². The summed E-state index contributed by atoms with van der Waals surface area (Å²) in [6, 6.07) is 21.1. The van der Waals surface area contributed by atoms with Crippen molar-refractivity contribution in [2.24, 2.45) is 14.1 Å². The highest BCUT2D eigenvalue weighted by Gasteiger charge is 2.25. The van der Waals surface area contributed by atoms with Crippen LogP contribution in [-0.2, 0) is 14.1 Å². The predicted molar refractivity (Wildman–Crippen MR) is 82.2 cm³/mol. The number of hydrogen-bond donors (Lipinski definition) is 0. The largest absolute Gasteiger partial charge is 0.253 e. The molecular weight excluding hydrogens is 244 g/mol. The number of imidazole rings is 1. The first-order valence-electron chi connectivity index (χ1n) is 6.86. The van der Waals surface area contributed by atoms with Crippen molar-refractivity contribution < 1.29 is 4.57 Å². The molecule has 0 amide bonds. The van der Waals surface area contributed by atoms with Gasteiger partial charge < -0.3 is 0 Å². The number of nitrogens with zero attached hydrogens (tertiary/aromatic N) is 2. The molecule has 0 radical (unpaired) electrons. The lowest BCUT2D eigenvalue weighted by atomic mass is 10.0. The van der Waals surface area contributed by atoms with E-state index in [4.69, 9.17) is 0 Å². The van der Waals surface area contributed by atoms with E-state index in [9.17, 15) is 0 Å². The van der Waals surface area contributed by atoms with Crippen LogP contribution in [0.25, 0.3) is 22.5 Å². The minimum absolute atomic E-state index is 1.24. The molecule has 1 aromatic heterocycles. The van der Waals surface area contributed by atoms with E-state index in [1.807, 2.05) is 0 Å². The molecule has 100 valence electrons. The van der Waals surface area contributed by atoms with Crippen LogP contribution in [0, 0.1) is 6.92 Å². The lowest BCUT2D eigenvalue weighted by Gasteiger charge is -2.02. The van der Waals surface area contributed by atoms with Crippen LogP contribution in [0.5, 0.6) is 0 Å². The summed E-state index contributed by atoms with van der Waals surface area (Å²) in [6.45, 7) is 2.15. The summed E-state index contributed by atoms with van der Waals surface area (Å²) in [5, 5.41) is 0.